The van der Waals surface area contributed by atoms with Crippen LogP contribution in [0.1, 0.15) is 0 Å². The van der Waals surface area contributed by atoms with Gasteiger partial charge in [0.05, 0.1) is 4.47 Å². The Bertz CT molecular complexity index is 282. The third-order valence-electron chi connectivity index (χ3n) is 1.14. The van der Waals surface area contributed by atoms with Crippen LogP contribution in [0.2, 0.25) is 0 Å². The lowest BCUT2D eigenvalue weighted by Crippen LogP contribution is -1.88. The maximum Gasteiger partial charge on any atom is 0.143 e. The fraction of sp³-hybridized carbons (Fsp3) is 0.167. The Kier molecular flexibility index (Phi) is 3.21. The van der Waals surface area contributed by atoms with Crippen LogP contribution in [-0.2, 0) is 0 Å². The van der Waals surface area contributed by atoms with Crippen LogP contribution in [0.25, 0.3) is 6.20 Å². The summed E-state index contributed by atoms with van der Waals surface area (Å²) in [7, 11) is 0. The van der Waals surface area contributed by atoms with Gasteiger partial charge in [0.2, 0.25) is 0 Å². The van der Waals surface area contributed by atoms with Crippen LogP contribution in [0.15, 0.2) is 20.7 Å². The summed E-state index contributed by atoms with van der Waals surface area (Å²) in [5.41, 5.74) is 0. The van der Waals surface area contributed by atoms with E-state index in [1.54, 1.807) is 22.6 Å². The molecule has 0 aliphatic rings. The molecule has 0 spiro atoms. The van der Waals surface area contributed by atoms with Gasteiger partial charge in [-0.05, 0) is 38.1 Å². The number of rotatable bonds is 2. The van der Waals surface area contributed by atoms with E-state index in [2.05, 4.69) is 43.5 Å². The highest BCUT2D eigenvalue weighted by atomic mass is 79.9. The predicted octanol–water partition coefficient (Wildman–Crippen LogP) is 3.23. The van der Waals surface area contributed by atoms with Crippen molar-refractivity contribution >= 4 is 49.8 Å². The monoisotopic (exact) mass is 296 g/mol. The second kappa shape index (κ2) is 3.78. The SMILES string of the molecule is C=Cn1nc(Br)c(Br)c1SC. The van der Waals surface area contributed by atoms with Crippen LogP contribution in [0.4, 0.5) is 0 Å². The van der Waals surface area contributed by atoms with Gasteiger partial charge in [0.15, 0.2) is 0 Å². The second-order valence-electron chi connectivity index (χ2n) is 1.74. The van der Waals surface area contributed by atoms with Crippen LogP contribution in [0, 0.1) is 0 Å². The van der Waals surface area contributed by atoms with E-state index in [1.165, 1.54) is 0 Å². The van der Waals surface area contributed by atoms with Crippen molar-refractivity contribution in [2.75, 3.05) is 6.26 Å². The van der Waals surface area contributed by atoms with Crippen molar-refractivity contribution in [2.24, 2.45) is 0 Å². The van der Waals surface area contributed by atoms with Gasteiger partial charge in [-0.1, -0.05) is 6.58 Å². The molecule has 0 radical (unpaired) electrons. The van der Waals surface area contributed by atoms with Crippen molar-refractivity contribution in [2.45, 2.75) is 5.03 Å². The quantitative estimate of drug-likeness (QED) is 0.780. The number of thioether (sulfide) groups is 1. The average molecular weight is 298 g/mol. The first-order valence-corrected chi connectivity index (χ1v) is 5.61. The van der Waals surface area contributed by atoms with E-state index in [0.29, 0.717) is 0 Å². The molecule has 0 amide bonds. The molecule has 2 nitrogen and oxygen atoms in total. The van der Waals surface area contributed by atoms with Crippen LogP contribution in [0.5, 0.6) is 0 Å². The fourth-order valence-corrected chi connectivity index (χ4v) is 2.49. The highest BCUT2D eigenvalue weighted by Gasteiger charge is 2.10. The molecule has 0 bridgehead atoms. The Morgan fingerprint density at radius 1 is 1.64 bits per heavy atom. The second-order valence-corrected chi connectivity index (χ2v) is 4.08. The van der Waals surface area contributed by atoms with E-state index < -0.39 is 0 Å². The number of hydrogen-bond acceptors (Lipinski definition) is 2. The fourth-order valence-electron chi connectivity index (χ4n) is 0.680. The molecule has 0 aromatic carbocycles. The number of nitrogens with zero attached hydrogens (tertiary/aromatic N) is 2. The Balaban J connectivity index is 3.26. The third-order valence-corrected chi connectivity index (χ3v) is 4.02. The summed E-state index contributed by atoms with van der Waals surface area (Å²) >= 11 is 8.33. The number of aromatic nitrogens is 2. The van der Waals surface area contributed by atoms with Gasteiger partial charge in [0.25, 0.3) is 0 Å². The summed E-state index contributed by atoms with van der Waals surface area (Å²) in [6.45, 7) is 3.64. The summed E-state index contributed by atoms with van der Waals surface area (Å²) in [6, 6.07) is 0. The molecule has 0 fully saturated rings. The van der Waals surface area contributed by atoms with Crippen molar-refractivity contribution in [3.8, 4) is 0 Å². The zero-order chi connectivity index (χ0) is 8.43. The van der Waals surface area contributed by atoms with Crippen LogP contribution >= 0.6 is 43.6 Å². The van der Waals surface area contributed by atoms with Crippen molar-refractivity contribution in [1.82, 2.24) is 9.78 Å². The molecule has 1 aromatic rings. The van der Waals surface area contributed by atoms with Crippen LogP contribution in [0.3, 0.4) is 0 Å². The Hall–Kier alpha value is 0.260. The van der Waals surface area contributed by atoms with Crippen molar-refractivity contribution < 1.29 is 0 Å². The van der Waals surface area contributed by atoms with E-state index >= 15 is 0 Å². The summed E-state index contributed by atoms with van der Waals surface area (Å²) in [4.78, 5) is 0. The molecule has 0 aliphatic heterocycles. The molecule has 60 valence electrons. The molecule has 0 atom stereocenters. The van der Waals surface area contributed by atoms with Crippen molar-refractivity contribution in [3.63, 3.8) is 0 Å². The molecular formula is C6H6Br2N2S. The Morgan fingerprint density at radius 3 is 2.64 bits per heavy atom. The third kappa shape index (κ3) is 1.71. The largest absolute Gasteiger partial charge is 0.233 e. The lowest BCUT2D eigenvalue weighted by atomic mass is 10.7. The van der Waals surface area contributed by atoms with Gasteiger partial charge in [0, 0.05) is 6.20 Å². The lowest BCUT2D eigenvalue weighted by Gasteiger charge is -1.95. The molecule has 0 unspecified atom stereocenters. The standard InChI is InChI=1S/C6H6Br2N2S/c1-3-10-6(11-2)4(7)5(8)9-10/h3H,1H2,2H3. The van der Waals surface area contributed by atoms with E-state index in [9.17, 15) is 0 Å². The maximum absolute atomic E-state index is 4.15. The van der Waals surface area contributed by atoms with Crippen LogP contribution < -0.4 is 0 Å². The van der Waals surface area contributed by atoms with Gasteiger partial charge >= 0.3 is 0 Å². The van der Waals surface area contributed by atoms with Gasteiger partial charge in [-0.2, -0.15) is 5.10 Å². The van der Waals surface area contributed by atoms with E-state index in [-0.39, 0.29) is 0 Å². The average Bonchev–Trinajstić information content (AvgIpc) is 2.28. The molecule has 0 N–H and O–H groups in total. The summed E-state index contributed by atoms with van der Waals surface area (Å²) in [5.74, 6) is 0. The molecule has 11 heavy (non-hydrogen) atoms. The van der Waals surface area contributed by atoms with Crippen molar-refractivity contribution in [3.05, 3.63) is 15.7 Å². The van der Waals surface area contributed by atoms with Crippen molar-refractivity contribution in [1.29, 1.82) is 0 Å². The van der Waals surface area contributed by atoms with E-state index in [0.717, 1.165) is 14.1 Å². The highest BCUT2D eigenvalue weighted by Crippen LogP contribution is 2.32. The Labute approximate surface area is 86.3 Å². The smallest absolute Gasteiger partial charge is 0.143 e. The van der Waals surface area contributed by atoms with Gasteiger partial charge in [0.1, 0.15) is 9.63 Å². The van der Waals surface area contributed by atoms with E-state index in [1.807, 2.05) is 6.26 Å². The Morgan fingerprint density at radius 2 is 2.27 bits per heavy atom. The van der Waals surface area contributed by atoms with E-state index in [4.69, 9.17) is 0 Å². The normalized spacial score (nSPS) is 10.1. The zero-order valence-corrected chi connectivity index (χ0v) is 9.83. The number of halogens is 2. The zero-order valence-electron chi connectivity index (χ0n) is 5.84. The molecule has 5 heteroatoms. The highest BCUT2D eigenvalue weighted by molar-refractivity contribution is 9.13. The predicted molar refractivity (Wildman–Crippen MR) is 55.8 cm³/mol. The minimum Gasteiger partial charge on any atom is -0.233 e. The first kappa shape index (κ1) is 9.35. The van der Waals surface area contributed by atoms with Gasteiger partial charge in [-0.25, -0.2) is 4.68 Å². The molecule has 1 heterocycles. The topological polar surface area (TPSA) is 17.8 Å². The molecular weight excluding hydrogens is 292 g/mol. The van der Waals surface area contributed by atoms with Gasteiger partial charge < -0.3 is 0 Å². The minimum absolute atomic E-state index is 0.807. The maximum atomic E-state index is 4.15. The summed E-state index contributed by atoms with van der Waals surface area (Å²) in [5, 5.41) is 5.20. The molecule has 1 rings (SSSR count). The molecule has 0 aliphatic carbocycles. The summed E-state index contributed by atoms with van der Waals surface area (Å²) < 4.78 is 3.51. The van der Waals surface area contributed by atoms with Gasteiger partial charge in [-0.3, -0.25) is 0 Å². The first-order valence-electron chi connectivity index (χ1n) is 2.80. The molecule has 1 aromatic heterocycles. The first-order chi connectivity index (χ1) is 5.20. The summed E-state index contributed by atoms with van der Waals surface area (Å²) in [6.07, 6.45) is 3.66. The van der Waals surface area contributed by atoms with Crippen LogP contribution in [-0.4, -0.2) is 16.0 Å². The molecule has 0 saturated carbocycles. The molecule has 0 saturated heterocycles. The number of hydrogen-bond donors (Lipinski definition) is 0. The van der Waals surface area contributed by atoms with Gasteiger partial charge in [-0.15, -0.1) is 11.8 Å². The minimum atomic E-state index is 0.807. The lowest BCUT2D eigenvalue weighted by molar-refractivity contribution is 0.846.